The van der Waals surface area contributed by atoms with Crippen molar-refractivity contribution < 1.29 is 14.6 Å². The maximum Gasteiger partial charge on any atom is 0.260 e. The predicted octanol–water partition coefficient (Wildman–Crippen LogP) is 0.819. The summed E-state index contributed by atoms with van der Waals surface area (Å²) in [6.45, 7) is 2.65. The SMILES string of the molecule is C[C@@]12CC[C@]3(CCCN3C1=O)OO2. The highest BCUT2D eigenvalue weighted by molar-refractivity contribution is 5.87. The Morgan fingerprint density at radius 1 is 1.31 bits per heavy atom. The summed E-state index contributed by atoms with van der Waals surface area (Å²) < 4.78 is 0. The summed E-state index contributed by atoms with van der Waals surface area (Å²) in [5, 5.41) is 0. The zero-order chi connectivity index (χ0) is 9.10. The first-order valence-corrected chi connectivity index (χ1v) is 4.85. The van der Waals surface area contributed by atoms with Gasteiger partial charge in [0, 0.05) is 19.4 Å². The number of amides is 1. The van der Waals surface area contributed by atoms with E-state index in [0.717, 1.165) is 32.2 Å². The number of rotatable bonds is 0. The summed E-state index contributed by atoms with van der Waals surface area (Å²) in [4.78, 5) is 24.3. The van der Waals surface area contributed by atoms with Crippen LogP contribution in [0, 0.1) is 0 Å². The molecule has 0 aromatic carbocycles. The van der Waals surface area contributed by atoms with Crippen LogP contribution < -0.4 is 0 Å². The third kappa shape index (κ3) is 0.758. The van der Waals surface area contributed by atoms with Crippen molar-refractivity contribution in [3.8, 4) is 0 Å². The van der Waals surface area contributed by atoms with Crippen molar-refractivity contribution in [1.29, 1.82) is 0 Å². The van der Waals surface area contributed by atoms with Crippen molar-refractivity contribution in [3.63, 3.8) is 0 Å². The van der Waals surface area contributed by atoms with Gasteiger partial charge in [0.05, 0.1) is 0 Å². The van der Waals surface area contributed by atoms with Gasteiger partial charge in [0.15, 0.2) is 11.3 Å². The zero-order valence-corrected chi connectivity index (χ0v) is 7.71. The molecule has 2 bridgehead atoms. The summed E-state index contributed by atoms with van der Waals surface area (Å²) in [5.74, 6) is 0.113. The maximum atomic E-state index is 11.9. The van der Waals surface area contributed by atoms with E-state index < -0.39 is 11.3 Å². The Balaban J connectivity index is 2.05. The van der Waals surface area contributed by atoms with Crippen LogP contribution in [-0.2, 0) is 14.6 Å². The Bertz CT molecular complexity index is 268. The second-order valence-corrected chi connectivity index (χ2v) is 4.40. The van der Waals surface area contributed by atoms with Crippen molar-refractivity contribution in [2.24, 2.45) is 0 Å². The van der Waals surface area contributed by atoms with Crippen molar-refractivity contribution in [3.05, 3.63) is 0 Å². The molecule has 4 heteroatoms. The van der Waals surface area contributed by atoms with Gasteiger partial charge < -0.3 is 4.90 Å². The van der Waals surface area contributed by atoms with Crippen LogP contribution in [0.2, 0.25) is 0 Å². The number of hydrogen-bond acceptors (Lipinski definition) is 3. The molecule has 0 aliphatic carbocycles. The van der Waals surface area contributed by atoms with Gasteiger partial charge in [-0.3, -0.25) is 4.79 Å². The highest BCUT2D eigenvalue weighted by Gasteiger charge is 2.61. The minimum Gasteiger partial charge on any atom is -0.309 e. The second kappa shape index (κ2) is 2.07. The van der Waals surface area contributed by atoms with Crippen LogP contribution >= 0.6 is 0 Å². The Morgan fingerprint density at radius 2 is 2.15 bits per heavy atom. The minimum absolute atomic E-state index is 0.113. The van der Waals surface area contributed by atoms with Crippen LogP contribution in [0.5, 0.6) is 0 Å². The molecular weight excluding hydrogens is 170 g/mol. The summed E-state index contributed by atoms with van der Waals surface area (Å²) in [6, 6.07) is 0. The molecule has 0 aromatic rings. The first-order chi connectivity index (χ1) is 6.16. The molecule has 4 aliphatic heterocycles. The Kier molecular flexibility index (Phi) is 1.23. The summed E-state index contributed by atoms with van der Waals surface area (Å²) in [5.41, 5.74) is -1.10. The molecule has 1 amide bonds. The third-order valence-electron chi connectivity index (χ3n) is 3.51. The summed E-state index contributed by atoms with van der Waals surface area (Å²) >= 11 is 0. The van der Waals surface area contributed by atoms with E-state index >= 15 is 0 Å². The molecule has 4 saturated heterocycles. The molecule has 72 valence electrons. The van der Waals surface area contributed by atoms with Crippen molar-refractivity contribution >= 4 is 5.91 Å². The van der Waals surface area contributed by atoms with Crippen molar-refractivity contribution in [2.75, 3.05) is 6.54 Å². The van der Waals surface area contributed by atoms with Crippen LogP contribution in [0.3, 0.4) is 0 Å². The summed E-state index contributed by atoms with van der Waals surface area (Å²) in [7, 11) is 0. The number of carbonyl (C=O) groups is 1. The molecule has 0 saturated carbocycles. The lowest BCUT2D eigenvalue weighted by Gasteiger charge is -2.52. The molecule has 0 unspecified atom stereocenters. The van der Waals surface area contributed by atoms with E-state index in [4.69, 9.17) is 9.78 Å². The Morgan fingerprint density at radius 3 is 2.85 bits per heavy atom. The lowest BCUT2D eigenvalue weighted by molar-refractivity contribution is -0.469. The quantitative estimate of drug-likeness (QED) is 0.522. The van der Waals surface area contributed by atoms with Crippen LogP contribution in [-0.4, -0.2) is 28.7 Å². The fourth-order valence-electron chi connectivity index (χ4n) is 2.60. The third-order valence-corrected chi connectivity index (χ3v) is 3.51. The maximum absolute atomic E-state index is 11.9. The number of piperidine rings is 1. The summed E-state index contributed by atoms with van der Waals surface area (Å²) in [6.07, 6.45) is 3.68. The van der Waals surface area contributed by atoms with Crippen LogP contribution in [0.4, 0.5) is 0 Å². The predicted molar refractivity (Wildman–Crippen MR) is 43.5 cm³/mol. The molecule has 0 N–H and O–H groups in total. The minimum atomic E-state index is -0.702. The largest absolute Gasteiger partial charge is 0.309 e. The number of carbonyl (C=O) groups excluding carboxylic acids is 1. The molecule has 4 fully saturated rings. The van der Waals surface area contributed by atoms with E-state index in [1.807, 2.05) is 11.8 Å². The Labute approximate surface area is 76.7 Å². The number of hydrogen-bond donors (Lipinski definition) is 0. The van der Waals surface area contributed by atoms with E-state index in [0.29, 0.717) is 0 Å². The molecule has 4 heterocycles. The molecule has 2 atom stereocenters. The van der Waals surface area contributed by atoms with Crippen LogP contribution in [0.25, 0.3) is 0 Å². The van der Waals surface area contributed by atoms with Gasteiger partial charge in [-0.1, -0.05) is 0 Å². The van der Waals surface area contributed by atoms with Gasteiger partial charge in [0.25, 0.3) is 5.91 Å². The average molecular weight is 183 g/mol. The lowest BCUT2D eigenvalue weighted by Crippen LogP contribution is -2.67. The van der Waals surface area contributed by atoms with Gasteiger partial charge in [0.1, 0.15) is 0 Å². The molecule has 1 spiro atoms. The number of fused-ring (bicyclic) bond motifs is 2. The molecule has 4 aliphatic rings. The van der Waals surface area contributed by atoms with Crippen molar-refractivity contribution in [1.82, 2.24) is 4.90 Å². The van der Waals surface area contributed by atoms with Gasteiger partial charge in [0.2, 0.25) is 0 Å². The van der Waals surface area contributed by atoms with Crippen LogP contribution in [0.1, 0.15) is 32.6 Å². The molecule has 0 aromatic heterocycles. The molecule has 13 heavy (non-hydrogen) atoms. The Hall–Kier alpha value is -0.610. The van der Waals surface area contributed by atoms with Crippen LogP contribution in [0.15, 0.2) is 0 Å². The highest BCUT2D eigenvalue weighted by Crippen LogP contribution is 2.48. The normalized spacial score (nSPS) is 48.4. The topological polar surface area (TPSA) is 38.8 Å². The van der Waals surface area contributed by atoms with E-state index in [1.165, 1.54) is 0 Å². The fraction of sp³-hybridized carbons (Fsp3) is 0.889. The monoisotopic (exact) mass is 183 g/mol. The van der Waals surface area contributed by atoms with Gasteiger partial charge in [-0.05, 0) is 19.8 Å². The van der Waals surface area contributed by atoms with Gasteiger partial charge in [-0.15, -0.1) is 0 Å². The molecule has 0 radical (unpaired) electrons. The second-order valence-electron chi connectivity index (χ2n) is 4.40. The highest BCUT2D eigenvalue weighted by atomic mass is 17.2. The van der Waals surface area contributed by atoms with E-state index in [1.54, 1.807) is 0 Å². The first-order valence-electron chi connectivity index (χ1n) is 4.85. The van der Waals surface area contributed by atoms with Gasteiger partial charge in [-0.2, -0.15) is 0 Å². The first kappa shape index (κ1) is 7.76. The van der Waals surface area contributed by atoms with E-state index in [9.17, 15) is 4.79 Å². The standard InChI is InChI=1S/C9H13NO3/c1-8-4-5-9(13-12-8)3-2-6-10(9)7(8)11/h2-6H2,1H3/t8-,9+/m1/s1. The van der Waals surface area contributed by atoms with E-state index in [-0.39, 0.29) is 5.91 Å². The fourth-order valence-corrected chi connectivity index (χ4v) is 2.60. The number of nitrogens with zero attached hydrogens (tertiary/aromatic N) is 1. The zero-order valence-electron chi connectivity index (χ0n) is 7.71. The van der Waals surface area contributed by atoms with Crippen molar-refractivity contribution in [2.45, 2.75) is 43.9 Å². The average Bonchev–Trinajstić information content (AvgIpc) is 2.54. The van der Waals surface area contributed by atoms with Gasteiger partial charge >= 0.3 is 0 Å². The van der Waals surface area contributed by atoms with E-state index in [2.05, 4.69) is 0 Å². The smallest absolute Gasteiger partial charge is 0.260 e. The lowest BCUT2D eigenvalue weighted by atomic mass is 9.86. The molecule has 4 rings (SSSR count). The molecule has 4 nitrogen and oxygen atoms in total. The van der Waals surface area contributed by atoms with Gasteiger partial charge in [-0.25, -0.2) is 9.78 Å². The molecular formula is C9H13NO3.